The molecule has 41 heavy (non-hydrogen) atoms. The van der Waals surface area contributed by atoms with Gasteiger partial charge in [-0.3, -0.25) is 0 Å². The van der Waals surface area contributed by atoms with Crippen LogP contribution < -0.4 is 10.3 Å². The number of hydrogen-bond donors (Lipinski definition) is 2. The number of aryl methyl sites for hydroxylation is 3. The van der Waals surface area contributed by atoms with Crippen LogP contribution in [0.25, 0.3) is 11.4 Å². The molecule has 0 radical (unpaired) electrons. The first-order valence-electron chi connectivity index (χ1n) is 12.8. The van der Waals surface area contributed by atoms with Gasteiger partial charge < -0.3 is 12.8 Å². The third kappa shape index (κ3) is 7.51. The fraction of sp³-hybridized carbons (Fsp3) is 0.310. The summed E-state index contributed by atoms with van der Waals surface area (Å²) in [7, 11) is -7.27. The fourth-order valence-electron chi connectivity index (χ4n) is 4.88. The normalized spacial score (nSPS) is 14.1. The zero-order valence-electron chi connectivity index (χ0n) is 21.9. The molecule has 218 valence electrons. The van der Waals surface area contributed by atoms with E-state index in [2.05, 4.69) is 16.6 Å². The van der Waals surface area contributed by atoms with Crippen molar-refractivity contribution >= 4 is 20.0 Å². The first kappa shape index (κ1) is 31.8. The standard InChI is InChI=1S/2C13H15N3O2S.C2H.CH4/c14-19(17,18)12-7-5-11(6-8-12)16-9-10-3-1-2-4-13(10)15-16;14-19(17,18)12-7-5-11(6-8-12)16-13-4-2-1-3-10(13)9-15-16;1-2;/h2*5-9H,1-4H2,(H2,14,17,18);1H;1H4/q;;-1;. The average Bonchev–Trinajstić information content (AvgIpc) is 3.59. The lowest BCUT2D eigenvalue weighted by Crippen LogP contribution is -2.12. The van der Waals surface area contributed by atoms with E-state index in [4.69, 9.17) is 16.7 Å². The molecule has 2 aliphatic carbocycles. The van der Waals surface area contributed by atoms with Gasteiger partial charge in [-0.05, 0) is 111 Å². The van der Waals surface area contributed by atoms with Gasteiger partial charge in [-0.1, -0.05) is 7.43 Å². The summed E-state index contributed by atoms with van der Waals surface area (Å²) in [5.74, 6) is 0. The number of nitrogens with two attached hydrogens (primary N) is 2. The van der Waals surface area contributed by atoms with Crippen LogP contribution in [-0.2, 0) is 45.7 Å². The third-order valence-corrected chi connectivity index (χ3v) is 8.75. The summed E-state index contributed by atoms with van der Waals surface area (Å²) >= 11 is 0. The molecule has 4 aromatic rings. The maximum Gasteiger partial charge on any atom is 0.238 e. The van der Waals surface area contributed by atoms with Crippen molar-refractivity contribution in [2.45, 2.75) is 68.6 Å². The third-order valence-electron chi connectivity index (χ3n) is 6.89. The Hall–Kier alpha value is -3.76. The number of fused-ring (bicyclic) bond motifs is 2. The van der Waals surface area contributed by atoms with Crippen LogP contribution >= 0.6 is 0 Å². The van der Waals surface area contributed by atoms with E-state index in [1.165, 1.54) is 66.8 Å². The van der Waals surface area contributed by atoms with Gasteiger partial charge in [0.2, 0.25) is 20.0 Å². The van der Waals surface area contributed by atoms with Gasteiger partial charge in [0.15, 0.2) is 0 Å². The Morgan fingerprint density at radius 3 is 1.73 bits per heavy atom. The molecule has 0 aliphatic heterocycles. The highest BCUT2D eigenvalue weighted by molar-refractivity contribution is 7.89. The molecule has 12 heteroatoms. The number of hydrogen-bond acceptors (Lipinski definition) is 6. The number of benzene rings is 2. The van der Waals surface area contributed by atoms with E-state index in [1.807, 2.05) is 21.8 Å². The maximum absolute atomic E-state index is 11.2. The van der Waals surface area contributed by atoms with Gasteiger partial charge in [0.05, 0.1) is 33.1 Å². The Morgan fingerprint density at radius 2 is 1.20 bits per heavy atom. The van der Waals surface area contributed by atoms with Crippen molar-refractivity contribution in [3.05, 3.63) is 89.9 Å². The van der Waals surface area contributed by atoms with Crippen LogP contribution in [0, 0.1) is 12.8 Å². The van der Waals surface area contributed by atoms with Crippen LogP contribution in [0.3, 0.4) is 0 Å². The Bertz CT molecular complexity index is 1680. The van der Waals surface area contributed by atoms with Crippen molar-refractivity contribution in [2.24, 2.45) is 10.3 Å². The van der Waals surface area contributed by atoms with Gasteiger partial charge in [0.25, 0.3) is 0 Å². The molecule has 0 unspecified atom stereocenters. The Morgan fingerprint density at radius 1 is 0.707 bits per heavy atom. The molecule has 0 amide bonds. The highest BCUT2D eigenvalue weighted by Crippen LogP contribution is 2.24. The molecule has 4 N–H and O–H groups in total. The number of aromatic nitrogens is 4. The van der Waals surface area contributed by atoms with E-state index in [9.17, 15) is 16.8 Å². The van der Waals surface area contributed by atoms with Gasteiger partial charge in [-0.15, -0.1) is 0 Å². The lowest BCUT2D eigenvalue weighted by Gasteiger charge is -2.14. The molecule has 6 rings (SSSR count). The van der Waals surface area contributed by atoms with E-state index < -0.39 is 20.0 Å². The second kappa shape index (κ2) is 13.3. The van der Waals surface area contributed by atoms with E-state index in [1.54, 1.807) is 24.3 Å². The number of primary sulfonamides is 2. The van der Waals surface area contributed by atoms with E-state index in [-0.39, 0.29) is 17.2 Å². The van der Waals surface area contributed by atoms with Gasteiger partial charge in [-0.25, -0.2) is 36.5 Å². The zero-order chi connectivity index (χ0) is 28.9. The Kier molecular flexibility index (Phi) is 10.3. The van der Waals surface area contributed by atoms with Gasteiger partial charge >= 0.3 is 0 Å². The number of sulfonamides is 2. The number of rotatable bonds is 4. The first-order chi connectivity index (χ1) is 19.1. The van der Waals surface area contributed by atoms with Crippen LogP contribution in [-0.4, -0.2) is 36.4 Å². The molecule has 0 fully saturated rings. The summed E-state index contributed by atoms with van der Waals surface area (Å²) in [6, 6.07) is 13.0. The molecule has 10 nitrogen and oxygen atoms in total. The molecular weight excluding hydrogens is 560 g/mol. The molecular formula is C29H35N6O4S2-. The maximum atomic E-state index is 11.2. The SMILES string of the molecule is C.NS(=O)(=O)c1ccc(-n2cc3c(n2)CCCC3)cc1.NS(=O)(=O)c1ccc(-n2ncc3c2CCCC3)cc1.[C-]#C. The van der Waals surface area contributed by atoms with Gasteiger partial charge in [0, 0.05) is 11.9 Å². The second-order valence-corrected chi connectivity index (χ2v) is 12.7. The van der Waals surface area contributed by atoms with Crippen molar-refractivity contribution in [2.75, 3.05) is 0 Å². The van der Waals surface area contributed by atoms with Crippen LogP contribution in [0.4, 0.5) is 0 Å². The lowest BCUT2D eigenvalue weighted by molar-refractivity contribution is 0.596. The fourth-order valence-corrected chi connectivity index (χ4v) is 5.91. The largest absolute Gasteiger partial charge is 0.697 e. The smallest absolute Gasteiger partial charge is 0.238 e. The van der Waals surface area contributed by atoms with E-state index >= 15 is 0 Å². The monoisotopic (exact) mass is 595 g/mol. The van der Waals surface area contributed by atoms with Crippen molar-refractivity contribution < 1.29 is 16.8 Å². The number of nitrogens with zero attached hydrogens (tertiary/aromatic N) is 4. The summed E-state index contributed by atoms with van der Waals surface area (Å²) < 4.78 is 48.5. The van der Waals surface area contributed by atoms with Crippen molar-refractivity contribution in [1.29, 1.82) is 0 Å². The summed E-state index contributed by atoms with van der Waals surface area (Å²) in [6.07, 6.45) is 21.9. The summed E-state index contributed by atoms with van der Waals surface area (Å²) in [4.78, 5) is 0.241. The van der Waals surface area contributed by atoms with Crippen molar-refractivity contribution in [1.82, 2.24) is 19.6 Å². The summed E-state index contributed by atoms with van der Waals surface area (Å²) in [5, 5.41) is 19.1. The summed E-state index contributed by atoms with van der Waals surface area (Å²) in [6.45, 7) is 0. The molecule has 2 aliphatic rings. The van der Waals surface area contributed by atoms with Crippen LogP contribution in [0.2, 0.25) is 0 Å². The molecule has 0 saturated carbocycles. The average molecular weight is 596 g/mol. The Labute approximate surface area is 242 Å². The molecule has 0 bridgehead atoms. The Balaban J connectivity index is 0.000000208. The first-order valence-corrected chi connectivity index (χ1v) is 15.9. The predicted molar refractivity (Wildman–Crippen MR) is 158 cm³/mol. The quantitative estimate of drug-likeness (QED) is 0.271. The minimum Gasteiger partial charge on any atom is -0.697 e. The molecule has 2 aromatic carbocycles. The highest BCUT2D eigenvalue weighted by atomic mass is 32.2. The predicted octanol–water partition coefficient (Wildman–Crippen LogP) is 3.64. The van der Waals surface area contributed by atoms with Crippen molar-refractivity contribution in [3.8, 4) is 17.8 Å². The molecule has 2 heterocycles. The van der Waals surface area contributed by atoms with E-state index in [0.29, 0.717) is 0 Å². The van der Waals surface area contributed by atoms with Crippen LogP contribution in [0.1, 0.15) is 55.6 Å². The summed E-state index contributed by atoms with van der Waals surface area (Å²) in [5.41, 5.74) is 6.69. The van der Waals surface area contributed by atoms with Gasteiger partial charge in [0.1, 0.15) is 0 Å². The lowest BCUT2D eigenvalue weighted by atomic mass is 9.98. The zero-order valence-corrected chi connectivity index (χ0v) is 23.5. The van der Waals surface area contributed by atoms with E-state index in [0.717, 1.165) is 42.8 Å². The molecule has 0 saturated heterocycles. The molecule has 2 aromatic heterocycles. The van der Waals surface area contributed by atoms with Gasteiger partial charge in [-0.2, -0.15) is 10.2 Å². The molecule has 0 atom stereocenters. The minimum atomic E-state index is -3.64. The topological polar surface area (TPSA) is 156 Å². The molecule has 0 spiro atoms. The van der Waals surface area contributed by atoms with Crippen LogP contribution in [0.5, 0.6) is 0 Å². The van der Waals surface area contributed by atoms with Crippen LogP contribution in [0.15, 0.2) is 70.7 Å². The second-order valence-electron chi connectivity index (χ2n) is 9.57. The van der Waals surface area contributed by atoms with Crippen molar-refractivity contribution in [3.63, 3.8) is 0 Å². The minimum absolute atomic E-state index is 0. The number of terminal acetylenes is 1. The highest BCUT2D eigenvalue weighted by Gasteiger charge is 2.17.